The second kappa shape index (κ2) is 5.10. The molecule has 2 rings (SSSR count). The van der Waals surface area contributed by atoms with Gasteiger partial charge in [0.05, 0.1) is 5.69 Å². The number of hydrogen-bond donors (Lipinski definition) is 1. The van der Waals surface area contributed by atoms with E-state index in [0.29, 0.717) is 6.54 Å². The van der Waals surface area contributed by atoms with Crippen molar-refractivity contribution in [1.29, 1.82) is 0 Å². The van der Waals surface area contributed by atoms with Gasteiger partial charge in [-0.1, -0.05) is 0 Å². The fourth-order valence-corrected chi connectivity index (χ4v) is 2.62. The van der Waals surface area contributed by atoms with E-state index in [2.05, 4.69) is 5.10 Å². The summed E-state index contributed by atoms with van der Waals surface area (Å²) in [6, 6.07) is 1.87. The number of amides is 1. The van der Waals surface area contributed by atoms with Crippen molar-refractivity contribution >= 4 is 5.91 Å². The zero-order chi connectivity index (χ0) is 13.3. The monoisotopic (exact) mass is 250 g/mol. The maximum atomic E-state index is 12.4. The van der Waals surface area contributed by atoms with Crippen molar-refractivity contribution in [3.63, 3.8) is 0 Å². The van der Waals surface area contributed by atoms with Crippen LogP contribution in [-0.2, 0) is 4.79 Å². The van der Waals surface area contributed by atoms with Crippen molar-refractivity contribution in [2.24, 2.45) is 5.73 Å². The molecule has 1 saturated heterocycles. The van der Waals surface area contributed by atoms with Gasteiger partial charge in [0.1, 0.15) is 6.04 Å². The van der Waals surface area contributed by atoms with Crippen LogP contribution >= 0.6 is 0 Å². The molecule has 0 radical (unpaired) electrons. The fourth-order valence-electron chi connectivity index (χ4n) is 2.62. The summed E-state index contributed by atoms with van der Waals surface area (Å²) in [5, 5.41) is 4.38. The molecule has 1 aliphatic rings. The van der Waals surface area contributed by atoms with E-state index >= 15 is 0 Å². The summed E-state index contributed by atoms with van der Waals surface area (Å²) in [7, 11) is 0. The Balaban J connectivity index is 2.11. The van der Waals surface area contributed by atoms with E-state index in [-0.39, 0.29) is 18.0 Å². The highest BCUT2D eigenvalue weighted by molar-refractivity contribution is 5.80. The molecule has 1 aromatic heterocycles. The predicted octanol–water partition coefficient (Wildman–Crippen LogP) is 1.01. The van der Waals surface area contributed by atoms with Gasteiger partial charge in [0, 0.05) is 24.8 Å². The third-order valence-electron chi connectivity index (χ3n) is 3.54. The molecule has 1 aliphatic heterocycles. The molecule has 5 heteroatoms. The van der Waals surface area contributed by atoms with Crippen molar-refractivity contribution < 1.29 is 4.79 Å². The minimum Gasteiger partial charge on any atom is -0.339 e. The van der Waals surface area contributed by atoms with Crippen LogP contribution in [0.5, 0.6) is 0 Å². The molecule has 0 aromatic carbocycles. The SMILES string of the molecule is Cc1cc(C)n([C@@H](C)C(=O)N2CCC[C@H](N)C2)n1. The Labute approximate surface area is 108 Å². The van der Waals surface area contributed by atoms with Crippen LogP contribution in [0.2, 0.25) is 0 Å². The van der Waals surface area contributed by atoms with Gasteiger partial charge in [0.2, 0.25) is 5.91 Å². The van der Waals surface area contributed by atoms with E-state index in [1.807, 2.05) is 31.7 Å². The summed E-state index contributed by atoms with van der Waals surface area (Å²) >= 11 is 0. The van der Waals surface area contributed by atoms with Gasteiger partial charge in [-0.25, -0.2) is 0 Å². The van der Waals surface area contributed by atoms with Gasteiger partial charge in [0.25, 0.3) is 0 Å². The van der Waals surface area contributed by atoms with Crippen LogP contribution in [0.15, 0.2) is 6.07 Å². The molecule has 0 unspecified atom stereocenters. The Kier molecular flexibility index (Phi) is 3.71. The molecular formula is C13H22N4O. The van der Waals surface area contributed by atoms with E-state index in [9.17, 15) is 4.79 Å². The average molecular weight is 250 g/mol. The number of hydrogen-bond acceptors (Lipinski definition) is 3. The van der Waals surface area contributed by atoms with E-state index in [4.69, 9.17) is 5.73 Å². The highest BCUT2D eigenvalue weighted by Gasteiger charge is 2.27. The predicted molar refractivity (Wildman–Crippen MR) is 70.2 cm³/mol. The van der Waals surface area contributed by atoms with Crippen LogP contribution in [0, 0.1) is 13.8 Å². The molecule has 2 atom stereocenters. The Bertz CT molecular complexity index is 440. The maximum absolute atomic E-state index is 12.4. The van der Waals surface area contributed by atoms with Crippen LogP contribution in [-0.4, -0.2) is 39.7 Å². The first kappa shape index (κ1) is 13.1. The van der Waals surface area contributed by atoms with Crippen LogP contribution in [0.3, 0.4) is 0 Å². The van der Waals surface area contributed by atoms with Gasteiger partial charge >= 0.3 is 0 Å². The minimum absolute atomic E-state index is 0.121. The minimum atomic E-state index is -0.246. The normalized spacial score (nSPS) is 22.0. The number of aromatic nitrogens is 2. The zero-order valence-electron chi connectivity index (χ0n) is 11.4. The summed E-state index contributed by atoms with van der Waals surface area (Å²) in [4.78, 5) is 14.3. The van der Waals surface area contributed by atoms with Gasteiger partial charge in [-0.2, -0.15) is 5.10 Å². The number of nitrogens with two attached hydrogens (primary N) is 1. The first-order valence-corrected chi connectivity index (χ1v) is 6.56. The molecule has 2 N–H and O–H groups in total. The first-order valence-electron chi connectivity index (χ1n) is 6.56. The van der Waals surface area contributed by atoms with Crippen LogP contribution in [0.4, 0.5) is 0 Å². The van der Waals surface area contributed by atoms with Crippen molar-refractivity contribution in [2.45, 2.75) is 45.7 Å². The molecule has 0 aliphatic carbocycles. The highest BCUT2D eigenvalue weighted by Crippen LogP contribution is 2.17. The van der Waals surface area contributed by atoms with Crippen LogP contribution < -0.4 is 5.73 Å². The topological polar surface area (TPSA) is 64.2 Å². The van der Waals surface area contributed by atoms with Crippen LogP contribution in [0.1, 0.15) is 37.2 Å². The number of piperidine rings is 1. The Morgan fingerprint density at radius 2 is 2.28 bits per heavy atom. The smallest absolute Gasteiger partial charge is 0.247 e. The van der Waals surface area contributed by atoms with Gasteiger partial charge in [0.15, 0.2) is 0 Å². The molecule has 1 fully saturated rings. The number of carbonyl (C=O) groups excluding carboxylic acids is 1. The molecule has 0 saturated carbocycles. The standard InChI is InChI=1S/C13H22N4O/c1-9-7-10(2)17(15-9)11(3)13(18)16-6-4-5-12(14)8-16/h7,11-12H,4-6,8,14H2,1-3H3/t11-,12-/m0/s1. The van der Waals surface area contributed by atoms with Crippen molar-refractivity contribution in [2.75, 3.05) is 13.1 Å². The maximum Gasteiger partial charge on any atom is 0.247 e. The molecule has 1 amide bonds. The molecule has 0 bridgehead atoms. The van der Waals surface area contributed by atoms with E-state index in [1.54, 1.807) is 4.68 Å². The lowest BCUT2D eigenvalue weighted by atomic mass is 10.1. The Morgan fingerprint density at radius 1 is 1.56 bits per heavy atom. The Morgan fingerprint density at radius 3 is 2.83 bits per heavy atom. The van der Waals surface area contributed by atoms with Gasteiger partial charge < -0.3 is 10.6 Å². The lowest BCUT2D eigenvalue weighted by molar-refractivity contribution is -0.135. The number of likely N-dealkylation sites (tertiary alicyclic amines) is 1. The van der Waals surface area contributed by atoms with E-state index in [0.717, 1.165) is 30.8 Å². The van der Waals surface area contributed by atoms with Crippen molar-refractivity contribution in [1.82, 2.24) is 14.7 Å². The third kappa shape index (κ3) is 2.56. The molecular weight excluding hydrogens is 228 g/mol. The zero-order valence-corrected chi connectivity index (χ0v) is 11.4. The molecule has 100 valence electrons. The number of carbonyl (C=O) groups is 1. The summed E-state index contributed by atoms with van der Waals surface area (Å²) in [5.41, 5.74) is 7.89. The molecule has 0 spiro atoms. The van der Waals surface area contributed by atoms with E-state index in [1.165, 1.54) is 0 Å². The van der Waals surface area contributed by atoms with Crippen molar-refractivity contribution in [3.8, 4) is 0 Å². The largest absolute Gasteiger partial charge is 0.339 e. The number of aryl methyl sites for hydroxylation is 2. The molecule has 18 heavy (non-hydrogen) atoms. The van der Waals surface area contributed by atoms with Gasteiger partial charge in [-0.05, 0) is 39.7 Å². The van der Waals surface area contributed by atoms with Crippen molar-refractivity contribution in [3.05, 3.63) is 17.5 Å². The van der Waals surface area contributed by atoms with Crippen LogP contribution in [0.25, 0.3) is 0 Å². The molecule has 1 aromatic rings. The van der Waals surface area contributed by atoms with Gasteiger partial charge in [-0.15, -0.1) is 0 Å². The van der Waals surface area contributed by atoms with E-state index < -0.39 is 0 Å². The summed E-state index contributed by atoms with van der Waals surface area (Å²) in [6.07, 6.45) is 2.01. The summed E-state index contributed by atoms with van der Waals surface area (Å²) in [5.74, 6) is 0.122. The molecule has 5 nitrogen and oxygen atoms in total. The average Bonchev–Trinajstić information content (AvgIpc) is 2.66. The lowest BCUT2D eigenvalue weighted by Crippen LogP contribution is -2.47. The lowest BCUT2D eigenvalue weighted by Gasteiger charge is -2.32. The summed E-state index contributed by atoms with van der Waals surface area (Å²) < 4.78 is 1.80. The quantitative estimate of drug-likeness (QED) is 0.852. The highest BCUT2D eigenvalue weighted by atomic mass is 16.2. The summed E-state index contributed by atoms with van der Waals surface area (Å²) in [6.45, 7) is 7.31. The van der Waals surface area contributed by atoms with Gasteiger partial charge in [-0.3, -0.25) is 9.48 Å². The third-order valence-corrected chi connectivity index (χ3v) is 3.54. The fraction of sp³-hybridized carbons (Fsp3) is 0.692. The number of nitrogens with zero attached hydrogens (tertiary/aromatic N) is 3. The number of rotatable bonds is 2. The first-order chi connectivity index (χ1) is 8.49. The molecule has 2 heterocycles. The second-order valence-corrected chi connectivity index (χ2v) is 5.23. The second-order valence-electron chi connectivity index (χ2n) is 5.23. The Hall–Kier alpha value is -1.36.